The van der Waals surface area contributed by atoms with Gasteiger partial charge in [0.15, 0.2) is 0 Å². The van der Waals surface area contributed by atoms with E-state index in [0.29, 0.717) is 16.9 Å². The van der Waals surface area contributed by atoms with Crippen LogP contribution in [0.25, 0.3) is 6.08 Å². The van der Waals surface area contributed by atoms with Gasteiger partial charge in [-0.2, -0.15) is 9.98 Å². The molecule has 1 aromatic rings. The summed E-state index contributed by atoms with van der Waals surface area (Å²) in [5.74, 6) is 0. The summed E-state index contributed by atoms with van der Waals surface area (Å²) in [5.41, 5.74) is 2.31. The quantitative estimate of drug-likeness (QED) is 0.556. The van der Waals surface area contributed by atoms with Gasteiger partial charge in [-0.3, -0.25) is 0 Å². The monoisotopic (exact) mass is 200 g/mol. The molecule has 0 unspecified atom stereocenters. The lowest BCUT2D eigenvalue weighted by molar-refractivity contribution is 0.564. The fourth-order valence-electron chi connectivity index (χ4n) is 1.18. The lowest BCUT2D eigenvalue weighted by atomic mass is 10.1. The van der Waals surface area contributed by atoms with E-state index in [9.17, 15) is 9.59 Å². The zero-order valence-electron chi connectivity index (χ0n) is 8.15. The Morgan fingerprint density at radius 3 is 2.33 bits per heavy atom. The second-order valence-corrected chi connectivity index (χ2v) is 2.81. The highest BCUT2D eigenvalue weighted by atomic mass is 16.1. The molecule has 0 amide bonds. The largest absolute Gasteiger partial charge is 0.240 e. The minimum absolute atomic E-state index is 0.461. The van der Waals surface area contributed by atoms with Crippen molar-refractivity contribution in [2.45, 2.75) is 6.92 Å². The summed E-state index contributed by atoms with van der Waals surface area (Å²) in [5, 5.41) is 0. The van der Waals surface area contributed by atoms with Crippen LogP contribution in [0.2, 0.25) is 0 Å². The molecule has 74 valence electrons. The molecule has 0 bridgehead atoms. The van der Waals surface area contributed by atoms with Gasteiger partial charge in [-0.25, -0.2) is 9.59 Å². The molecule has 0 heterocycles. The number of hydrogen-bond donors (Lipinski definition) is 0. The van der Waals surface area contributed by atoms with Crippen molar-refractivity contribution in [3.63, 3.8) is 0 Å². The highest BCUT2D eigenvalue weighted by Gasteiger charge is 2.03. The van der Waals surface area contributed by atoms with E-state index in [-0.39, 0.29) is 0 Å². The zero-order valence-corrected chi connectivity index (χ0v) is 8.15. The van der Waals surface area contributed by atoms with Crippen LogP contribution in [-0.2, 0) is 9.59 Å². The van der Waals surface area contributed by atoms with Gasteiger partial charge in [-0.15, -0.1) is 0 Å². The summed E-state index contributed by atoms with van der Waals surface area (Å²) in [6.07, 6.45) is 4.44. The van der Waals surface area contributed by atoms with Crippen LogP contribution in [0, 0.1) is 6.92 Å². The van der Waals surface area contributed by atoms with Crippen molar-refractivity contribution in [1.29, 1.82) is 0 Å². The molecule has 0 aromatic heterocycles. The van der Waals surface area contributed by atoms with Gasteiger partial charge >= 0.3 is 0 Å². The predicted molar refractivity (Wildman–Crippen MR) is 56.8 cm³/mol. The Morgan fingerprint density at radius 2 is 1.80 bits per heavy atom. The molecule has 0 fully saturated rings. The van der Waals surface area contributed by atoms with Crippen molar-refractivity contribution in [3.8, 4) is 0 Å². The van der Waals surface area contributed by atoms with Crippen LogP contribution in [0.4, 0.5) is 11.4 Å². The summed E-state index contributed by atoms with van der Waals surface area (Å²) in [7, 11) is 0. The van der Waals surface area contributed by atoms with Gasteiger partial charge in [0.05, 0.1) is 11.4 Å². The lowest BCUT2D eigenvalue weighted by Crippen LogP contribution is -1.79. The molecule has 0 atom stereocenters. The Morgan fingerprint density at radius 1 is 1.20 bits per heavy atom. The Balaban J connectivity index is 3.47. The first-order chi connectivity index (χ1) is 7.22. The molecule has 0 aliphatic heterocycles. The maximum absolute atomic E-state index is 10.2. The molecule has 4 nitrogen and oxygen atoms in total. The first-order valence-electron chi connectivity index (χ1n) is 4.15. The summed E-state index contributed by atoms with van der Waals surface area (Å²) in [6.45, 7) is 5.33. The van der Waals surface area contributed by atoms with E-state index >= 15 is 0 Å². The van der Waals surface area contributed by atoms with Gasteiger partial charge in [-0.1, -0.05) is 12.7 Å². The van der Waals surface area contributed by atoms with Crippen molar-refractivity contribution in [3.05, 3.63) is 29.8 Å². The van der Waals surface area contributed by atoms with E-state index in [1.807, 2.05) is 0 Å². The summed E-state index contributed by atoms with van der Waals surface area (Å²) >= 11 is 0. The molecule has 1 aromatic carbocycles. The molecule has 15 heavy (non-hydrogen) atoms. The van der Waals surface area contributed by atoms with Crippen LogP contribution in [0.15, 0.2) is 28.7 Å². The third-order valence-corrected chi connectivity index (χ3v) is 1.90. The second kappa shape index (κ2) is 4.82. The number of nitrogens with zero attached hydrogens (tertiary/aromatic N) is 2. The number of aryl methyl sites for hydroxylation is 1. The zero-order chi connectivity index (χ0) is 11.3. The number of hydrogen-bond acceptors (Lipinski definition) is 4. The maximum atomic E-state index is 10.2. The standard InChI is InChI=1S/C11H8N2O2/c1-3-9-5-10(12-6-14)8(2)4-11(9)13-7-15/h3-5H,1H2,2H3. The molecular formula is C11H8N2O2. The number of benzene rings is 1. The highest BCUT2D eigenvalue weighted by molar-refractivity contribution is 5.72. The van der Waals surface area contributed by atoms with E-state index in [1.165, 1.54) is 18.2 Å². The number of carbonyl (C=O) groups excluding carboxylic acids is 2. The highest BCUT2D eigenvalue weighted by Crippen LogP contribution is 2.29. The van der Waals surface area contributed by atoms with Crippen molar-refractivity contribution in [1.82, 2.24) is 0 Å². The molecule has 0 radical (unpaired) electrons. The van der Waals surface area contributed by atoms with Crippen molar-refractivity contribution in [2.75, 3.05) is 0 Å². The molecular weight excluding hydrogens is 192 g/mol. The SMILES string of the molecule is C=Cc1cc(N=C=O)c(C)cc1N=C=O. The molecule has 0 aliphatic carbocycles. The lowest BCUT2D eigenvalue weighted by Gasteiger charge is -2.03. The normalized spacial score (nSPS) is 8.60. The average Bonchev–Trinajstić information content (AvgIpc) is 2.22. The number of rotatable bonds is 3. The van der Waals surface area contributed by atoms with Crippen LogP contribution in [-0.4, -0.2) is 12.2 Å². The minimum atomic E-state index is 0.461. The van der Waals surface area contributed by atoms with Gasteiger partial charge in [0, 0.05) is 5.56 Å². The van der Waals surface area contributed by atoms with Gasteiger partial charge in [-0.05, 0) is 24.6 Å². The van der Waals surface area contributed by atoms with Gasteiger partial charge in [0.25, 0.3) is 0 Å². The van der Waals surface area contributed by atoms with Crippen LogP contribution in [0.1, 0.15) is 11.1 Å². The third kappa shape index (κ3) is 2.35. The van der Waals surface area contributed by atoms with Crippen LogP contribution in [0.5, 0.6) is 0 Å². The van der Waals surface area contributed by atoms with E-state index in [4.69, 9.17) is 0 Å². The van der Waals surface area contributed by atoms with E-state index < -0.39 is 0 Å². The fourth-order valence-corrected chi connectivity index (χ4v) is 1.18. The molecule has 0 aliphatic rings. The number of aliphatic imine (C=N–C) groups is 2. The van der Waals surface area contributed by atoms with Crippen LogP contribution >= 0.6 is 0 Å². The third-order valence-electron chi connectivity index (χ3n) is 1.90. The predicted octanol–water partition coefficient (Wildman–Crippen LogP) is 2.57. The fraction of sp³-hybridized carbons (Fsp3) is 0.0909. The van der Waals surface area contributed by atoms with Crippen molar-refractivity contribution in [2.24, 2.45) is 9.98 Å². The summed E-state index contributed by atoms with van der Waals surface area (Å²) < 4.78 is 0. The van der Waals surface area contributed by atoms with Gasteiger partial charge < -0.3 is 0 Å². The maximum Gasteiger partial charge on any atom is 0.240 e. The van der Waals surface area contributed by atoms with Crippen LogP contribution < -0.4 is 0 Å². The Kier molecular flexibility index (Phi) is 3.47. The second-order valence-electron chi connectivity index (χ2n) is 2.81. The Hall–Kier alpha value is -2.28. The van der Waals surface area contributed by atoms with Crippen LogP contribution in [0.3, 0.4) is 0 Å². The molecule has 0 spiro atoms. The summed E-state index contributed by atoms with van der Waals surface area (Å²) in [6, 6.07) is 3.25. The van der Waals surface area contributed by atoms with Crippen molar-refractivity contribution < 1.29 is 9.59 Å². The smallest absolute Gasteiger partial charge is 0.211 e. The first kappa shape index (κ1) is 10.8. The molecule has 0 saturated heterocycles. The summed E-state index contributed by atoms with van der Waals surface area (Å²) in [4.78, 5) is 27.3. The first-order valence-corrected chi connectivity index (χ1v) is 4.15. The van der Waals surface area contributed by atoms with E-state index in [1.54, 1.807) is 19.1 Å². The number of isocyanates is 2. The van der Waals surface area contributed by atoms with E-state index in [2.05, 4.69) is 16.6 Å². The molecule has 1 rings (SSSR count). The average molecular weight is 200 g/mol. The molecule has 0 N–H and O–H groups in total. The van der Waals surface area contributed by atoms with Gasteiger partial charge in [0.2, 0.25) is 12.2 Å². The molecule has 4 heteroatoms. The van der Waals surface area contributed by atoms with E-state index in [0.717, 1.165) is 5.56 Å². The Bertz CT molecular complexity index is 494. The molecule has 0 saturated carbocycles. The minimum Gasteiger partial charge on any atom is -0.211 e. The van der Waals surface area contributed by atoms with Gasteiger partial charge in [0.1, 0.15) is 0 Å². The topological polar surface area (TPSA) is 58.9 Å². The van der Waals surface area contributed by atoms with Crippen molar-refractivity contribution >= 4 is 29.6 Å². The Labute approximate surface area is 86.7 Å².